The van der Waals surface area contributed by atoms with Crippen molar-refractivity contribution >= 4 is 59.7 Å². The van der Waals surface area contributed by atoms with Gasteiger partial charge in [0.05, 0.1) is 48.6 Å². The Balaban J connectivity index is 0.931. The first-order valence-electron chi connectivity index (χ1n) is 23.3. The van der Waals surface area contributed by atoms with Crippen LogP contribution in [-0.4, -0.2) is 22.5 Å². The summed E-state index contributed by atoms with van der Waals surface area (Å²) in [6, 6.07) is 80.1. The Bertz CT molecular complexity index is 4220. The van der Waals surface area contributed by atoms with Gasteiger partial charge in [0.1, 0.15) is 5.82 Å². The van der Waals surface area contributed by atoms with Crippen LogP contribution in [0.1, 0.15) is 22.3 Å². The number of benzene rings is 10. The van der Waals surface area contributed by atoms with E-state index >= 15 is 0 Å². The Labute approximate surface area is 398 Å². The van der Waals surface area contributed by atoms with E-state index in [4.69, 9.17) is 4.98 Å². The molecule has 15 rings (SSSR count). The van der Waals surface area contributed by atoms with Gasteiger partial charge < -0.3 is 9.47 Å². The smallest absolute Gasteiger partial charge is 0.210 e. The second kappa shape index (κ2) is 13.9. The first kappa shape index (κ1) is 38.3. The Kier molecular flexibility index (Phi) is 7.72. The van der Waals surface area contributed by atoms with Crippen LogP contribution in [-0.2, 0) is 15.3 Å². The number of hydrogen-bond donors (Lipinski definition) is 0. The van der Waals surface area contributed by atoms with Crippen LogP contribution in [0.25, 0.3) is 77.9 Å². The van der Waals surface area contributed by atoms with E-state index in [1.807, 2.05) is 54.6 Å². The molecule has 0 radical (unpaired) electrons. The van der Waals surface area contributed by atoms with Gasteiger partial charge in [0.25, 0.3) is 0 Å². The normalized spacial score (nSPS) is 14.4. The van der Waals surface area contributed by atoms with Crippen LogP contribution in [0, 0.1) is 0 Å². The highest BCUT2D eigenvalue weighted by Crippen LogP contribution is 2.63. The second-order valence-corrected chi connectivity index (χ2v) is 20.1. The minimum Gasteiger partial charge on any atom is -0.309 e. The average Bonchev–Trinajstić information content (AvgIpc) is 4.13. The Morgan fingerprint density at radius 3 is 1.70 bits per heavy atom. The highest BCUT2D eigenvalue weighted by atomic mass is 32.2. The van der Waals surface area contributed by atoms with E-state index in [1.54, 1.807) is 18.2 Å². The van der Waals surface area contributed by atoms with Gasteiger partial charge in [-0.1, -0.05) is 146 Å². The van der Waals surface area contributed by atoms with E-state index < -0.39 is 15.3 Å². The molecule has 0 saturated heterocycles. The Hall–Kier alpha value is -8.78. The van der Waals surface area contributed by atoms with E-state index in [2.05, 4.69) is 172 Å². The third-order valence-corrected chi connectivity index (χ3v) is 16.7. The molecule has 2 aromatic heterocycles. The number of sulfone groups is 1. The molecule has 1 spiro atoms. The van der Waals surface area contributed by atoms with Crippen molar-refractivity contribution in [1.29, 1.82) is 0 Å². The standard InChI is InChI=1S/C62H38N4O2S/c67-69(68)57-29-15-14-28-55(57)65(60-58(69)37-36-56-59(60)47-21-7-12-26-53(47)64(56)40-16-2-1-3-17-40)41-31-33-42(34-32-41)66-54-27-13-11-25-52(54)63-61(66)39-30-35-46-45-20-6-10-24-50(45)62(51(46)38-39)48-22-8-4-18-43(48)44-19-5-9-23-49(44)62/h1-38H. The number of rotatable bonds is 4. The summed E-state index contributed by atoms with van der Waals surface area (Å²) >= 11 is 0. The molecule has 6 nitrogen and oxygen atoms in total. The molecule has 0 fully saturated rings. The fourth-order valence-corrected chi connectivity index (χ4v) is 13.8. The predicted molar refractivity (Wildman–Crippen MR) is 277 cm³/mol. The van der Waals surface area contributed by atoms with Crippen LogP contribution in [0.2, 0.25) is 0 Å². The van der Waals surface area contributed by atoms with E-state index in [1.165, 1.54) is 44.5 Å². The van der Waals surface area contributed by atoms with Crippen LogP contribution < -0.4 is 4.90 Å². The van der Waals surface area contributed by atoms with E-state index in [9.17, 15) is 8.42 Å². The van der Waals surface area contributed by atoms with Crippen LogP contribution in [0.15, 0.2) is 240 Å². The molecule has 3 heterocycles. The minimum atomic E-state index is -3.89. The van der Waals surface area contributed by atoms with Gasteiger partial charge in [0, 0.05) is 33.4 Å². The number of fused-ring (bicyclic) bond motifs is 17. The predicted octanol–water partition coefficient (Wildman–Crippen LogP) is 14.7. The first-order chi connectivity index (χ1) is 34.0. The Morgan fingerprint density at radius 1 is 0.406 bits per heavy atom. The van der Waals surface area contributed by atoms with Crippen molar-refractivity contribution in [3.63, 3.8) is 0 Å². The molecule has 0 saturated carbocycles. The summed E-state index contributed by atoms with van der Waals surface area (Å²) < 4.78 is 34.0. The van der Waals surface area contributed by atoms with Gasteiger partial charge in [0.2, 0.25) is 9.84 Å². The van der Waals surface area contributed by atoms with Crippen molar-refractivity contribution in [3.8, 4) is 45.0 Å². The number of nitrogens with zero attached hydrogens (tertiary/aromatic N) is 4. The summed E-state index contributed by atoms with van der Waals surface area (Å²) in [5, 5.41) is 1.85. The molecule has 7 heteroatoms. The maximum Gasteiger partial charge on any atom is 0.210 e. The number of anilines is 3. The summed E-state index contributed by atoms with van der Waals surface area (Å²) in [5.41, 5.74) is 18.6. The summed E-state index contributed by atoms with van der Waals surface area (Å²) in [6.07, 6.45) is 0. The van der Waals surface area contributed by atoms with Gasteiger partial charge in [-0.3, -0.25) is 4.57 Å². The maximum absolute atomic E-state index is 14.7. The molecule has 0 amide bonds. The lowest BCUT2D eigenvalue weighted by atomic mass is 9.70. The molecular formula is C62H38N4O2S. The Morgan fingerprint density at radius 2 is 0.971 bits per heavy atom. The molecule has 0 atom stereocenters. The monoisotopic (exact) mass is 902 g/mol. The molecule has 3 aliphatic rings. The number of para-hydroxylation sites is 5. The number of aromatic nitrogens is 3. The molecule has 2 aliphatic carbocycles. The van der Waals surface area contributed by atoms with Crippen molar-refractivity contribution in [1.82, 2.24) is 14.1 Å². The lowest BCUT2D eigenvalue weighted by Crippen LogP contribution is -2.25. The number of hydrogen-bond acceptors (Lipinski definition) is 4. The third-order valence-electron chi connectivity index (χ3n) is 14.9. The van der Waals surface area contributed by atoms with Crippen LogP contribution >= 0.6 is 0 Å². The van der Waals surface area contributed by atoms with E-state index in [0.717, 1.165) is 61.3 Å². The van der Waals surface area contributed by atoms with Crippen molar-refractivity contribution < 1.29 is 8.42 Å². The van der Waals surface area contributed by atoms with E-state index in [-0.39, 0.29) is 9.79 Å². The zero-order valence-corrected chi connectivity index (χ0v) is 37.8. The molecule has 0 unspecified atom stereocenters. The summed E-state index contributed by atoms with van der Waals surface area (Å²) in [4.78, 5) is 8.10. The van der Waals surface area contributed by atoms with Crippen molar-refractivity contribution in [2.75, 3.05) is 4.90 Å². The summed E-state index contributed by atoms with van der Waals surface area (Å²) in [7, 11) is -3.89. The summed E-state index contributed by atoms with van der Waals surface area (Å²) in [5.74, 6) is 0.840. The maximum atomic E-state index is 14.7. The molecule has 10 aromatic carbocycles. The molecule has 12 aromatic rings. The van der Waals surface area contributed by atoms with Crippen LogP contribution in [0.4, 0.5) is 17.1 Å². The molecular weight excluding hydrogens is 865 g/mol. The van der Waals surface area contributed by atoms with Gasteiger partial charge in [-0.2, -0.15) is 0 Å². The minimum absolute atomic E-state index is 0.277. The van der Waals surface area contributed by atoms with Crippen molar-refractivity contribution in [2.45, 2.75) is 15.2 Å². The van der Waals surface area contributed by atoms with Crippen molar-refractivity contribution in [3.05, 3.63) is 253 Å². The van der Waals surface area contributed by atoms with Gasteiger partial charge in [-0.15, -0.1) is 0 Å². The van der Waals surface area contributed by atoms with Gasteiger partial charge >= 0.3 is 0 Å². The van der Waals surface area contributed by atoms with Gasteiger partial charge in [0.15, 0.2) is 0 Å². The van der Waals surface area contributed by atoms with Gasteiger partial charge in [-0.05, 0) is 129 Å². The third kappa shape index (κ3) is 4.98. The van der Waals surface area contributed by atoms with E-state index in [0.29, 0.717) is 11.4 Å². The average molecular weight is 903 g/mol. The fourth-order valence-electron chi connectivity index (χ4n) is 12.2. The second-order valence-electron chi connectivity index (χ2n) is 18.2. The van der Waals surface area contributed by atoms with Gasteiger partial charge in [-0.25, -0.2) is 13.4 Å². The highest BCUT2D eigenvalue weighted by Gasteiger charge is 2.51. The first-order valence-corrected chi connectivity index (χ1v) is 24.8. The van der Waals surface area contributed by atoms with Crippen LogP contribution in [0.5, 0.6) is 0 Å². The highest BCUT2D eigenvalue weighted by molar-refractivity contribution is 7.92. The molecule has 1 aliphatic heterocycles. The SMILES string of the molecule is O=S1(=O)c2ccccc2N(c2ccc(-n3c(-c4ccc5c(c4)C4(c6ccccc6-c6ccccc64)c4ccccc4-5)nc4ccccc43)cc2)c2c1ccc1c2c2ccccc2n1-c1ccccc1. The molecule has 0 N–H and O–H groups in total. The zero-order chi connectivity index (χ0) is 45.6. The van der Waals surface area contributed by atoms with Crippen LogP contribution in [0.3, 0.4) is 0 Å². The largest absolute Gasteiger partial charge is 0.309 e. The topological polar surface area (TPSA) is 60.1 Å². The van der Waals surface area contributed by atoms with Crippen molar-refractivity contribution in [2.24, 2.45) is 0 Å². The lowest BCUT2D eigenvalue weighted by molar-refractivity contribution is 0.595. The molecule has 0 bridgehead atoms. The quantitative estimate of drug-likeness (QED) is 0.177. The molecule has 69 heavy (non-hydrogen) atoms. The number of imidazole rings is 1. The lowest BCUT2D eigenvalue weighted by Gasteiger charge is -2.34. The molecule has 324 valence electrons. The summed E-state index contributed by atoms with van der Waals surface area (Å²) in [6.45, 7) is 0. The zero-order valence-electron chi connectivity index (χ0n) is 37.0. The fraction of sp³-hybridized carbons (Fsp3) is 0.0161.